The van der Waals surface area contributed by atoms with Gasteiger partial charge in [-0.25, -0.2) is 10.3 Å². The third-order valence-corrected chi connectivity index (χ3v) is 2.75. The minimum Gasteiger partial charge on any atom is -0.452 e. The van der Waals surface area contributed by atoms with Crippen molar-refractivity contribution < 1.29 is 19.2 Å². The summed E-state index contributed by atoms with van der Waals surface area (Å²) in [5.41, 5.74) is 2.72. The number of amides is 2. The number of carbonyl (C=O) groups excluding carboxylic acids is 2. The molecule has 2 amide bonds. The van der Waals surface area contributed by atoms with Crippen LogP contribution in [0, 0.1) is 0 Å². The van der Waals surface area contributed by atoms with E-state index < -0.39 is 6.09 Å². The summed E-state index contributed by atoms with van der Waals surface area (Å²) in [5, 5.41) is 0. The molecule has 6 nitrogen and oxygen atoms in total. The molecule has 1 rings (SSSR count). The third kappa shape index (κ3) is 3.33. The van der Waals surface area contributed by atoms with Gasteiger partial charge in [0.25, 0.3) is 5.91 Å². The first-order valence-electron chi connectivity index (χ1n) is 5.65. The molecule has 0 aliphatic carbocycles. The Morgan fingerprint density at radius 3 is 2.89 bits per heavy atom. The summed E-state index contributed by atoms with van der Waals surface area (Å²) in [6.07, 6.45) is 4.70. The van der Waals surface area contributed by atoms with Crippen LogP contribution in [0.3, 0.4) is 0 Å². The predicted molar refractivity (Wildman–Crippen MR) is 65.3 cm³/mol. The molecule has 100 valence electrons. The lowest BCUT2D eigenvalue weighted by molar-refractivity contribution is -0.127. The van der Waals surface area contributed by atoms with Gasteiger partial charge in [-0.15, -0.1) is 6.58 Å². The molecular weight excluding hydrogens is 236 g/mol. The second kappa shape index (κ2) is 6.80. The van der Waals surface area contributed by atoms with Gasteiger partial charge in [0, 0.05) is 17.8 Å². The average molecular weight is 254 g/mol. The maximum Gasteiger partial charge on any atom is 0.413 e. The van der Waals surface area contributed by atoms with Crippen LogP contribution in [0.5, 0.6) is 0 Å². The highest BCUT2D eigenvalue weighted by Gasteiger charge is 2.28. The van der Waals surface area contributed by atoms with Gasteiger partial charge in [-0.1, -0.05) is 6.08 Å². The summed E-state index contributed by atoms with van der Waals surface area (Å²) in [5.74, 6) is -0.344. The van der Waals surface area contributed by atoms with Crippen molar-refractivity contribution in [1.82, 2.24) is 10.4 Å². The number of carbonyl (C=O) groups is 2. The molecule has 0 aromatic rings. The van der Waals surface area contributed by atoms with E-state index >= 15 is 0 Å². The molecule has 0 saturated carbocycles. The monoisotopic (exact) mass is 254 g/mol. The molecule has 0 saturated heterocycles. The summed E-state index contributed by atoms with van der Waals surface area (Å²) in [6, 6.07) is -0.0194. The van der Waals surface area contributed by atoms with Crippen molar-refractivity contribution in [2.45, 2.75) is 25.3 Å². The summed E-state index contributed by atoms with van der Waals surface area (Å²) in [7, 11) is 2.67. The minimum absolute atomic E-state index is 0.0194. The largest absolute Gasteiger partial charge is 0.452 e. The minimum atomic E-state index is -0.482. The number of hydrogen-bond donors (Lipinski definition) is 1. The number of nitrogens with zero attached hydrogens (tertiary/aromatic N) is 1. The molecule has 0 radical (unpaired) electrons. The Balaban J connectivity index is 2.87. The van der Waals surface area contributed by atoms with Crippen LogP contribution < -0.4 is 5.48 Å². The number of nitrogens with one attached hydrogen (secondary N) is 1. The first-order chi connectivity index (χ1) is 8.63. The maximum atomic E-state index is 11.6. The van der Waals surface area contributed by atoms with Gasteiger partial charge < -0.3 is 4.74 Å². The Morgan fingerprint density at radius 1 is 1.61 bits per heavy atom. The van der Waals surface area contributed by atoms with Crippen LogP contribution in [-0.2, 0) is 14.4 Å². The molecule has 18 heavy (non-hydrogen) atoms. The molecule has 0 aromatic carbocycles. The fourth-order valence-corrected chi connectivity index (χ4v) is 1.86. The molecule has 0 fully saturated rings. The van der Waals surface area contributed by atoms with Crippen LogP contribution in [-0.4, -0.2) is 37.2 Å². The lowest BCUT2D eigenvalue weighted by Gasteiger charge is -2.31. The van der Waals surface area contributed by atoms with Crippen molar-refractivity contribution in [3.63, 3.8) is 0 Å². The quantitative estimate of drug-likeness (QED) is 0.607. The summed E-state index contributed by atoms with van der Waals surface area (Å²) < 4.78 is 4.70. The zero-order chi connectivity index (χ0) is 13.5. The van der Waals surface area contributed by atoms with Crippen LogP contribution in [0.2, 0.25) is 0 Å². The smallest absolute Gasteiger partial charge is 0.413 e. The normalized spacial score (nSPS) is 18.9. The van der Waals surface area contributed by atoms with Crippen molar-refractivity contribution in [2.24, 2.45) is 0 Å². The van der Waals surface area contributed by atoms with Crippen molar-refractivity contribution in [1.29, 1.82) is 0 Å². The van der Waals surface area contributed by atoms with Crippen molar-refractivity contribution in [3.05, 3.63) is 24.4 Å². The van der Waals surface area contributed by atoms with Gasteiger partial charge in [-0.2, -0.15) is 0 Å². The van der Waals surface area contributed by atoms with E-state index in [4.69, 9.17) is 4.74 Å². The van der Waals surface area contributed by atoms with Gasteiger partial charge in [0.15, 0.2) is 0 Å². The van der Waals surface area contributed by atoms with E-state index in [9.17, 15) is 9.59 Å². The SMILES string of the molecule is C=CC[C@H]1CCC(C(=O)NOC)=CN1C(=O)OC. The van der Waals surface area contributed by atoms with E-state index in [1.807, 2.05) is 0 Å². The Morgan fingerprint density at radius 2 is 2.33 bits per heavy atom. The van der Waals surface area contributed by atoms with Crippen LogP contribution in [0.15, 0.2) is 24.4 Å². The predicted octanol–water partition coefficient (Wildman–Crippen LogP) is 1.35. The van der Waals surface area contributed by atoms with Gasteiger partial charge in [-0.3, -0.25) is 14.5 Å². The topological polar surface area (TPSA) is 67.9 Å². The fourth-order valence-electron chi connectivity index (χ4n) is 1.86. The molecule has 6 heteroatoms. The van der Waals surface area contributed by atoms with E-state index in [0.717, 1.165) is 0 Å². The van der Waals surface area contributed by atoms with Crippen LogP contribution >= 0.6 is 0 Å². The lowest BCUT2D eigenvalue weighted by atomic mass is 9.98. The Bertz CT molecular complexity index is 365. The molecule has 1 aliphatic rings. The fraction of sp³-hybridized carbons (Fsp3) is 0.500. The highest BCUT2D eigenvalue weighted by molar-refractivity contribution is 5.93. The van der Waals surface area contributed by atoms with Crippen molar-refractivity contribution in [3.8, 4) is 0 Å². The van der Waals surface area contributed by atoms with Crippen LogP contribution in [0.4, 0.5) is 4.79 Å². The van der Waals surface area contributed by atoms with E-state index in [1.165, 1.54) is 25.3 Å². The molecule has 1 aliphatic heterocycles. The Labute approximate surface area is 106 Å². The third-order valence-electron chi connectivity index (χ3n) is 2.75. The van der Waals surface area contributed by atoms with E-state index in [0.29, 0.717) is 24.8 Å². The molecular formula is C12H18N2O4. The van der Waals surface area contributed by atoms with Gasteiger partial charge in [0.1, 0.15) is 0 Å². The Kier molecular flexibility index (Phi) is 5.38. The van der Waals surface area contributed by atoms with E-state index in [2.05, 4.69) is 16.9 Å². The number of hydroxylamine groups is 1. The first-order valence-corrected chi connectivity index (χ1v) is 5.65. The van der Waals surface area contributed by atoms with Gasteiger partial charge in [0.2, 0.25) is 0 Å². The number of hydrogen-bond acceptors (Lipinski definition) is 4. The number of methoxy groups -OCH3 is 1. The van der Waals surface area contributed by atoms with Crippen LogP contribution in [0.1, 0.15) is 19.3 Å². The molecule has 0 aromatic heterocycles. The second-order valence-corrected chi connectivity index (χ2v) is 3.88. The molecule has 1 heterocycles. The highest BCUT2D eigenvalue weighted by Crippen LogP contribution is 2.24. The lowest BCUT2D eigenvalue weighted by Crippen LogP contribution is -2.40. The standard InChI is InChI=1S/C12H18N2O4/c1-4-5-10-7-6-9(11(15)13-18-3)8-14(10)12(16)17-2/h4,8,10H,1,5-7H2,2-3H3,(H,13,15)/t10-/m0/s1. The highest BCUT2D eigenvalue weighted by atomic mass is 16.6. The molecule has 1 N–H and O–H groups in total. The van der Waals surface area contributed by atoms with E-state index in [-0.39, 0.29) is 11.9 Å². The first kappa shape index (κ1) is 14.2. The Hall–Kier alpha value is -1.82. The van der Waals surface area contributed by atoms with Gasteiger partial charge >= 0.3 is 6.09 Å². The molecule has 1 atom stereocenters. The zero-order valence-corrected chi connectivity index (χ0v) is 10.6. The number of rotatable bonds is 4. The van der Waals surface area contributed by atoms with E-state index in [1.54, 1.807) is 6.08 Å². The van der Waals surface area contributed by atoms with Gasteiger partial charge in [-0.05, 0) is 19.3 Å². The second-order valence-electron chi connectivity index (χ2n) is 3.88. The number of ether oxygens (including phenoxy) is 1. The van der Waals surface area contributed by atoms with Crippen molar-refractivity contribution >= 4 is 12.0 Å². The average Bonchev–Trinajstić information content (AvgIpc) is 2.39. The maximum absolute atomic E-state index is 11.6. The molecule has 0 bridgehead atoms. The molecule has 0 spiro atoms. The summed E-state index contributed by atoms with van der Waals surface area (Å²) in [4.78, 5) is 29.2. The van der Waals surface area contributed by atoms with Gasteiger partial charge in [0.05, 0.1) is 14.2 Å². The van der Waals surface area contributed by atoms with Crippen molar-refractivity contribution in [2.75, 3.05) is 14.2 Å². The summed E-state index contributed by atoms with van der Waals surface area (Å²) >= 11 is 0. The zero-order valence-electron chi connectivity index (χ0n) is 10.6. The molecule has 0 unspecified atom stereocenters. The van der Waals surface area contributed by atoms with Crippen LogP contribution in [0.25, 0.3) is 0 Å². The summed E-state index contributed by atoms with van der Waals surface area (Å²) in [6.45, 7) is 3.66.